The van der Waals surface area contributed by atoms with Crippen molar-refractivity contribution >= 4 is 5.97 Å². The number of benzene rings is 1. The number of esters is 1. The Hall–Kier alpha value is -1.39. The lowest BCUT2D eigenvalue weighted by atomic mass is 10.0. The van der Waals surface area contributed by atoms with E-state index in [4.69, 9.17) is 9.47 Å². The average Bonchev–Trinajstić information content (AvgIpc) is 2.45. The number of aryl methyl sites for hydroxylation is 1. The van der Waals surface area contributed by atoms with Crippen molar-refractivity contribution in [3.05, 3.63) is 35.4 Å². The molecule has 0 radical (unpaired) electrons. The molecule has 0 heterocycles. The topological polar surface area (TPSA) is 47.6 Å². The molecule has 4 nitrogen and oxygen atoms in total. The van der Waals surface area contributed by atoms with Crippen LogP contribution in [0.5, 0.6) is 0 Å². The molecule has 0 aliphatic carbocycles. The summed E-state index contributed by atoms with van der Waals surface area (Å²) in [6.07, 6.45) is 2.14. The Morgan fingerprint density at radius 2 is 1.95 bits per heavy atom. The molecule has 0 bridgehead atoms. The zero-order valence-corrected chi connectivity index (χ0v) is 12.6. The molecule has 1 aromatic rings. The predicted octanol–water partition coefficient (Wildman–Crippen LogP) is 2.10. The van der Waals surface area contributed by atoms with Crippen LogP contribution in [0.15, 0.2) is 24.3 Å². The molecule has 0 aliphatic rings. The molecule has 0 fully saturated rings. The van der Waals surface area contributed by atoms with E-state index in [0.717, 1.165) is 26.0 Å². The molecule has 1 rings (SSSR count). The van der Waals surface area contributed by atoms with Crippen LogP contribution in [0.3, 0.4) is 0 Å². The summed E-state index contributed by atoms with van der Waals surface area (Å²) in [6, 6.07) is 8.50. The van der Waals surface area contributed by atoms with Gasteiger partial charge in [-0.15, -0.1) is 0 Å². The highest BCUT2D eigenvalue weighted by atomic mass is 16.5. The van der Waals surface area contributed by atoms with Gasteiger partial charge in [-0.05, 0) is 31.9 Å². The van der Waals surface area contributed by atoms with E-state index in [1.807, 2.05) is 0 Å². The number of carbonyl (C=O) groups excluding carboxylic acids is 1. The van der Waals surface area contributed by atoms with Crippen LogP contribution in [0.25, 0.3) is 0 Å². The van der Waals surface area contributed by atoms with Crippen LogP contribution in [0.1, 0.15) is 24.0 Å². The highest BCUT2D eigenvalue weighted by Gasteiger charge is 2.14. The fourth-order valence-electron chi connectivity index (χ4n) is 2.03. The molecule has 0 aromatic heterocycles. The molecule has 0 saturated carbocycles. The van der Waals surface area contributed by atoms with Crippen molar-refractivity contribution in [1.29, 1.82) is 0 Å². The number of ether oxygens (including phenoxy) is 2. The van der Waals surface area contributed by atoms with Crippen molar-refractivity contribution in [3.8, 4) is 0 Å². The summed E-state index contributed by atoms with van der Waals surface area (Å²) >= 11 is 0. The molecular formula is C16H25NO3. The third kappa shape index (κ3) is 6.68. The second-order valence-electron chi connectivity index (χ2n) is 4.97. The fraction of sp³-hybridized carbons (Fsp3) is 0.562. The number of hydrogen-bond acceptors (Lipinski definition) is 4. The number of methoxy groups -OCH3 is 2. The Bertz CT molecular complexity index is 389. The second kappa shape index (κ2) is 9.50. The molecule has 1 aromatic carbocycles. The largest absolute Gasteiger partial charge is 0.469 e. The smallest absolute Gasteiger partial charge is 0.307 e. The molecule has 1 unspecified atom stereocenters. The quantitative estimate of drug-likeness (QED) is 0.555. The Kier molecular flexibility index (Phi) is 7.92. The first-order valence-corrected chi connectivity index (χ1v) is 7.00. The maximum Gasteiger partial charge on any atom is 0.307 e. The Morgan fingerprint density at radius 1 is 1.25 bits per heavy atom. The van der Waals surface area contributed by atoms with Crippen LogP contribution >= 0.6 is 0 Å². The summed E-state index contributed by atoms with van der Waals surface area (Å²) < 4.78 is 9.79. The Labute approximate surface area is 121 Å². The third-order valence-corrected chi connectivity index (χ3v) is 3.20. The maximum absolute atomic E-state index is 11.5. The normalized spacial score (nSPS) is 12.2. The van der Waals surface area contributed by atoms with Gasteiger partial charge in [0.1, 0.15) is 0 Å². The summed E-state index contributed by atoms with van der Waals surface area (Å²) in [6.45, 7) is 3.63. The van der Waals surface area contributed by atoms with Crippen LogP contribution in [0, 0.1) is 6.92 Å². The van der Waals surface area contributed by atoms with Gasteiger partial charge in [0.05, 0.1) is 13.5 Å². The van der Waals surface area contributed by atoms with Gasteiger partial charge in [0, 0.05) is 19.8 Å². The summed E-state index contributed by atoms with van der Waals surface area (Å²) in [4.78, 5) is 11.5. The van der Waals surface area contributed by atoms with Crippen LogP contribution < -0.4 is 5.32 Å². The Balaban J connectivity index is 2.52. The van der Waals surface area contributed by atoms with Gasteiger partial charge < -0.3 is 14.8 Å². The van der Waals surface area contributed by atoms with Gasteiger partial charge in [-0.1, -0.05) is 29.8 Å². The second-order valence-corrected chi connectivity index (χ2v) is 4.97. The zero-order chi connectivity index (χ0) is 14.8. The van der Waals surface area contributed by atoms with Gasteiger partial charge in [-0.2, -0.15) is 0 Å². The number of nitrogens with one attached hydrogen (secondary N) is 1. The molecule has 0 amide bonds. The van der Waals surface area contributed by atoms with Crippen molar-refractivity contribution in [2.75, 3.05) is 27.4 Å². The molecular weight excluding hydrogens is 254 g/mol. The fourth-order valence-corrected chi connectivity index (χ4v) is 2.03. The maximum atomic E-state index is 11.5. The van der Waals surface area contributed by atoms with Crippen LogP contribution in [-0.2, 0) is 20.7 Å². The lowest BCUT2D eigenvalue weighted by Crippen LogP contribution is -2.34. The SMILES string of the molecule is COCCCNC(CC(=O)OC)Cc1ccc(C)cc1. The third-order valence-electron chi connectivity index (χ3n) is 3.20. The van der Waals surface area contributed by atoms with E-state index in [-0.39, 0.29) is 12.0 Å². The predicted molar refractivity (Wildman–Crippen MR) is 79.8 cm³/mol. The van der Waals surface area contributed by atoms with Gasteiger partial charge >= 0.3 is 5.97 Å². The summed E-state index contributed by atoms with van der Waals surface area (Å²) in [5, 5.41) is 3.40. The first-order chi connectivity index (χ1) is 9.65. The lowest BCUT2D eigenvalue weighted by Gasteiger charge is -2.18. The molecule has 1 N–H and O–H groups in total. The number of hydrogen-bond donors (Lipinski definition) is 1. The highest BCUT2D eigenvalue weighted by Crippen LogP contribution is 2.09. The van der Waals surface area contributed by atoms with Crippen molar-refractivity contribution in [1.82, 2.24) is 5.32 Å². The highest BCUT2D eigenvalue weighted by molar-refractivity contribution is 5.70. The van der Waals surface area contributed by atoms with Crippen LogP contribution in [-0.4, -0.2) is 39.4 Å². The van der Waals surface area contributed by atoms with Gasteiger partial charge in [-0.3, -0.25) is 4.79 Å². The van der Waals surface area contributed by atoms with E-state index in [9.17, 15) is 4.79 Å². The lowest BCUT2D eigenvalue weighted by molar-refractivity contribution is -0.141. The first-order valence-electron chi connectivity index (χ1n) is 7.00. The van der Waals surface area contributed by atoms with Gasteiger partial charge in [0.2, 0.25) is 0 Å². The average molecular weight is 279 g/mol. The van der Waals surface area contributed by atoms with E-state index >= 15 is 0 Å². The van der Waals surface area contributed by atoms with E-state index < -0.39 is 0 Å². The van der Waals surface area contributed by atoms with Crippen molar-refractivity contribution in [3.63, 3.8) is 0 Å². The minimum Gasteiger partial charge on any atom is -0.469 e. The Morgan fingerprint density at radius 3 is 2.55 bits per heavy atom. The zero-order valence-electron chi connectivity index (χ0n) is 12.6. The van der Waals surface area contributed by atoms with Gasteiger partial charge in [0.25, 0.3) is 0 Å². The minimum absolute atomic E-state index is 0.0991. The molecule has 112 valence electrons. The minimum atomic E-state index is -0.179. The van der Waals surface area contributed by atoms with Crippen LogP contribution in [0.2, 0.25) is 0 Å². The van der Waals surface area contributed by atoms with E-state index in [1.54, 1.807) is 7.11 Å². The number of carbonyl (C=O) groups is 1. The van der Waals surface area contributed by atoms with Crippen molar-refractivity contribution in [2.24, 2.45) is 0 Å². The van der Waals surface area contributed by atoms with E-state index in [1.165, 1.54) is 18.2 Å². The molecule has 0 aliphatic heterocycles. The van der Waals surface area contributed by atoms with E-state index in [2.05, 4.69) is 36.5 Å². The summed E-state index contributed by atoms with van der Waals surface area (Å²) in [5.41, 5.74) is 2.47. The number of rotatable bonds is 9. The monoisotopic (exact) mass is 279 g/mol. The molecule has 0 spiro atoms. The standard InChI is InChI=1S/C16H25NO3/c1-13-5-7-14(8-6-13)11-15(12-16(18)20-3)17-9-4-10-19-2/h5-8,15,17H,4,9-12H2,1-3H3. The van der Waals surface area contributed by atoms with Crippen molar-refractivity contribution < 1.29 is 14.3 Å². The summed E-state index contributed by atoms with van der Waals surface area (Å²) in [5.74, 6) is -0.179. The molecule has 0 saturated heterocycles. The van der Waals surface area contributed by atoms with Crippen molar-refractivity contribution in [2.45, 2.75) is 32.2 Å². The van der Waals surface area contributed by atoms with Gasteiger partial charge in [-0.25, -0.2) is 0 Å². The molecule has 1 atom stereocenters. The first kappa shape index (κ1) is 16.7. The van der Waals surface area contributed by atoms with Gasteiger partial charge in [0.15, 0.2) is 0 Å². The van der Waals surface area contributed by atoms with Crippen LogP contribution in [0.4, 0.5) is 0 Å². The summed E-state index contributed by atoms with van der Waals surface area (Å²) in [7, 11) is 3.12. The molecule has 4 heteroatoms. The molecule has 20 heavy (non-hydrogen) atoms. The van der Waals surface area contributed by atoms with E-state index in [0.29, 0.717) is 6.42 Å².